The second kappa shape index (κ2) is 10.7. The maximum atomic E-state index is 12.9. The molecule has 3 aliphatic heterocycles. The summed E-state index contributed by atoms with van der Waals surface area (Å²) in [6.07, 6.45) is 12.5. The van der Waals surface area contributed by atoms with E-state index in [1.165, 1.54) is 44.9 Å². The van der Waals surface area contributed by atoms with Crippen LogP contribution < -0.4 is 5.32 Å². The van der Waals surface area contributed by atoms with Crippen LogP contribution in [0.5, 0.6) is 0 Å². The summed E-state index contributed by atoms with van der Waals surface area (Å²) < 4.78 is 13.5. The normalized spacial score (nSPS) is 50.5. The lowest BCUT2D eigenvalue weighted by atomic mass is 9.44. The molecule has 1 N–H and O–H groups in total. The number of hydrogen-bond donors (Lipinski definition) is 1. The largest absolute Gasteiger partial charge is 0.353 e. The van der Waals surface area contributed by atoms with Crippen LogP contribution in [-0.4, -0.2) is 79.4 Å². The fraction of sp³-hybridized carbons (Fsp3) is 0.943. The highest BCUT2D eigenvalue weighted by Gasteiger charge is 2.69. The number of rotatable bonds is 3. The molecule has 7 rings (SSSR count). The summed E-state index contributed by atoms with van der Waals surface area (Å²) in [4.78, 5) is 29.7. The Hall–Kier alpha value is -1.18. The van der Waals surface area contributed by atoms with E-state index in [0.717, 1.165) is 69.8 Å². The quantitative estimate of drug-likeness (QED) is 0.469. The standard InChI is InChI=1S/C35H57N3O4/c1-22-8-13-35(41-21-22)23(2)32-29(42-35)19-28-26-7-6-24-18-25(9-11-33(24,3)27(26)10-12-34(28,32)4)36-30(39)20-31(40)38-16-14-37(5)15-17-38/h22-29,32H,6-21H2,1-5H3,(H,36,39)/t22-,23+,24+,25-,26-,27+,28+,29+,32+,33+,34+,35-/m1/s1. The number of likely N-dealkylation sites (N-methyl/N-ethyl adjacent to an activating group) is 1. The van der Waals surface area contributed by atoms with E-state index in [-0.39, 0.29) is 30.1 Å². The van der Waals surface area contributed by atoms with Gasteiger partial charge in [-0.15, -0.1) is 0 Å². The van der Waals surface area contributed by atoms with Crippen LogP contribution >= 0.6 is 0 Å². The van der Waals surface area contributed by atoms with E-state index >= 15 is 0 Å². The number of carbonyl (C=O) groups excluding carboxylic acids is 2. The molecule has 7 heteroatoms. The first kappa shape index (κ1) is 29.5. The third kappa shape index (κ3) is 4.69. The van der Waals surface area contributed by atoms with Gasteiger partial charge >= 0.3 is 0 Å². The average molecular weight is 584 g/mol. The van der Waals surface area contributed by atoms with E-state index in [1.54, 1.807) is 0 Å². The number of nitrogens with one attached hydrogen (secondary N) is 1. The molecule has 42 heavy (non-hydrogen) atoms. The van der Waals surface area contributed by atoms with E-state index in [1.807, 2.05) is 4.90 Å². The lowest BCUT2D eigenvalue weighted by Crippen LogP contribution is -2.56. The van der Waals surface area contributed by atoms with Crippen LogP contribution in [0.2, 0.25) is 0 Å². The number of piperazine rings is 1. The molecule has 7 fully saturated rings. The first-order valence-corrected chi connectivity index (χ1v) is 17.6. The van der Waals surface area contributed by atoms with Crippen LogP contribution in [0.3, 0.4) is 0 Å². The van der Waals surface area contributed by atoms with Gasteiger partial charge in [-0.1, -0.05) is 27.7 Å². The maximum absolute atomic E-state index is 12.9. The van der Waals surface area contributed by atoms with Crippen molar-refractivity contribution in [3.63, 3.8) is 0 Å². The lowest BCUT2D eigenvalue weighted by molar-refractivity contribution is -0.273. The molecule has 0 bridgehead atoms. The number of carbonyl (C=O) groups is 2. The molecule has 12 atom stereocenters. The van der Waals surface area contributed by atoms with Crippen LogP contribution in [0.15, 0.2) is 0 Å². The average Bonchev–Trinajstić information content (AvgIpc) is 3.40. The fourth-order valence-corrected chi connectivity index (χ4v) is 12.0. The smallest absolute Gasteiger partial charge is 0.232 e. The fourth-order valence-electron chi connectivity index (χ4n) is 12.0. The minimum atomic E-state index is -0.325. The lowest BCUT2D eigenvalue weighted by Gasteiger charge is -2.61. The van der Waals surface area contributed by atoms with Crippen molar-refractivity contribution < 1.29 is 19.1 Å². The van der Waals surface area contributed by atoms with Crippen LogP contribution in [0.4, 0.5) is 0 Å². The number of hydrogen-bond acceptors (Lipinski definition) is 5. The molecular weight excluding hydrogens is 526 g/mol. The zero-order valence-corrected chi connectivity index (χ0v) is 27.0. The molecule has 3 saturated heterocycles. The van der Waals surface area contributed by atoms with Crippen molar-refractivity contribution in [2.24, 2.45) is 52.3 Å². The number of nitrogens with zero attached hydrogens (tertiary/aromatic N) is 2. The van der Waals surface area contributed by atoms with Crippen molar-refractivity contribution in [2.45, 2.75) is 116 Å². The Morgan fingerprint density at radius 2 is 1.64 bits per heavy atom. The summed E-state index contributed by atoms with van der Waals surface area (Å²) in [5, 5.41) is 3.30. The summed E-state index contributed by atoms with van der Waals surface area (Å²) >= 11 is 0. The Kier molecular flexibility index (Phi) is 7.54. The third-order valence-corrected chi connectivity index (χ3v) is 14.5. The van der Waals surface area contributed by atoms with Gasteiger partial charge in [-0.05, 0) is 111 Å². The van der Waals surface area contributed by atoms with Crippen LogP contribution in [0.25, 0.3) is 0 Å². The maximum Gasteiger partial charge on any atom is 0.232 e. The van der Waals surface area contributed by atoms with Crippen LogP contribution in [0, 0.1) is 52.3 Å². The molecule has 7 aliphatic rings. The summed E-state index contributed by atoms with van der Waals surface area (Å²) in [6, 6.07) is 0.218. The molecule has 2 amide bonds. The molecule has 0 aromatic carbocycles. The van der Waals surface area contributed by atoms with Crippen molar-refractivity contribution in [3.8, 4) is 0 Å². The van der Waals surface area contributed by atoms with E-state index in [4.69, 9.17) is 9.47 Å². The first-order valence-electron chi connectivity index (χ1n) is 17.6. The first-order chi connectivity index (χ1) is 20.0. The molecule has 4 aliphatic carbocycles. The van der Waals surface area contributed by atoms with Crippen molar-refractivity contribution in [2.75, 3.05) is 39.8 Å². The van der Waals surface area contributed by atoms with Gasteiger partial charge in [0, 0.05) is 44.6 Å². The SMILES string of the molecule is C[C@@H]1CC[C@@]2(OC1)O[C@H]1C[C@H]3[C@@H]4CC[C@H]5C[C@H](NC(=O)CC(=O)N6CCN(C)CC6)CC[C@]5(C)[C@H]4CC[C@]3(C)[C@H]1[C@@H]2C. The highest BCUT2D eigenvalue weighted by atomic mass is 16.7. The molecular formula is C35H57N3O4. The van der Waals surface area contributed by atoms with E-state index in [9.17, 15) is 9.59 Å². The van der Waals surface area contributed by atoms with E-state index in [0.29, 0.717) is 40.6 Å². The van der Waals surface area contributed by atoms with Crippen molar-refractivity contribution in [3.05, 3.63) is 0 Å². The number of amides is 2. The van der Waals surface area contributed by atoms with Gasteiger partial charge in [0.1, 0.15) is 6.42 Å². The minimum absolute atomic E-state index is 0.00128. The number of ether oxygens (including phenoxy) is 2. The van der Waals surface area contributed by atoms with Crippen LogP contribution in [0.1, 0.15) is 98.3 Å². The number of fused-ring (bicyclic) bond motifs is 7. The van der Waals surface area contributed by atoms with Crippen LogP contribution in [-0.2, 0) is 19.1 Å². The van der Waals surface area contributed by atoms with E-state index in [2.05, 4.69) is 45.0 Å². The highest BCUT2D eigenvalue weighted by molar-refractivity contribution is 5.97. The highest BCUT2D eigenvalue weighted by Crippen LogP contribution is 2.71. The van der Waals surface area contributed by atoms with E-state index < -0.39 is 0 Å². The summed E-state index contributed by atoms with van der Waals surface area (Å²) in [5.74, 6) is 4.39. The summed E-state index contributed by atoms with van der Waals surface area (Å²) in [5.41, 5.74) is 0.737. The van der Waals surface area contributed by atoms with Gasteiger partial charge in [0.05, 0.1) is 12.7 Å². The Bertz CT molecular complexity index is 1050. The van der Waals surface area contributed by atoms with Crippen molar-refractivity contribution in [1.82, 2.24) is 15.1 Å². The van der Waals surface area contributed by atoms with Gasteiger partial charge in [0.15, 0.2) is 5.79 Å². The van der Waals surface area contributed by atoms with Gasteiger partial charge in [-0.25, -0.2) is 0 Å². The molecule has 0 unspecified atom stereocenters. The predicted octanol–water partition coefficient (Wildman–Crippen LogP) is 5.08. The van der Waals surface area contributed by atoms with Gasteiger partial charge in [-0.3, -0.25) is 9.59 Å². The zero-order valence-electron chi connectivity index (χ0n) is 27.0. The van der Waals surface area contributed by atoms with Crippen molar-refractivity contribution in [1.29, 1.82) is 0 Å². The molecule has 1 spiro atoms. The molecule has 236 valence electrons. The minimum Gasteiger partial charge on any atom is -0.353 e. The molecule has 3 heterocycles. The molecule has 7 nitrogen and oxygen atoms in total. The Balaban J connectivity index is 0.971. The van der Waals surface area contributed by atoms with Gasteiger partial charge in [0.2, 0.25) is 11.8 Å². The summed E-state index contributed by atoms with van der Waals surface area (Å²) in [7, 11) is 2.08. The summed E-state index contributed by atoms with van der Waals surface area (Å²) in [6.45, 7) is 14.1. The molecule has 0 radical (unpaired) electrons. The van der Waals surface area contributed by atoms with Gasteiger partial charge in [0.25, 0.3) is 0 Å². The van der Waals surface area contributed by atoms with Gasteiger partial charge < -0.3 is 24.6 Å². The Morgan fingerprint density at radius 1 is 0.881 bits per heavy atom. The Morgan fingerprint density at radius 3 is 2.38 bits per heavy atom. The second-order valence-corrected chi connectivity index (χ2v) is 16.6. The van der Waals surface area contributed by atoms with Crippen molar-refractivity contribution >= 4 is 11.8 Å². The molecule has 0 aromatic heterocycles. The molecule has 4 saturated carbocycles. The third-order valence-electron chi connectivity index (χ3n) is 14.5. The second-order valence-electron chi connectivity index (χ2n) is 16.6. The zero-order chi connectivity index (χ0) is 29.4. The monoisotopic (exact) mass is 583 g/mol. The van der Waals surface area contributed by atoms with Gasteiger partial charge in [-0.2, -0.15) is 0 Å². The Labute approximate surface area is 254 Å². The topological polar surface area (TPSA) is 71.1 Å². The predicted molar refractivity (Wildman–Crippen MR) is 162 cm³/mol. The molecule has 0 aromatic rings.